The van der Waals surface area contributed by atoms with Gasteiger partial charge < -0.3 is 4.98 Å². The van der Waals surface area contributed by atoms with E-state index in [9.17, 15) is 4.79 Å². The van der Waals surface area contributed by atoms with Crippen molar-refractivity contribution in [3.05, 3.63) is 24.0 Å². The molecule has 0 bridgehead atoms. The van der Waals surface area contributed by atoms with Crippen molar-refractivity contribution in [3.63, 3.8) is 0 Å². The van der Waals surface area contributed by atoms with Gasteiger partial charge >= 0.3 is 0 Å². The lowest BCUT2D eigenvalue weighted by Gasteiger charge is -2.12. The molecule has 2 aromatic heterocycles. The van der Waals surface area contributed by atoms with E-state index in [2.05, 4.69) is 30.5 Å². The van der Waals surface area contributed by atoms with Crippen molar-refractivity contribution < 1.29 is 4.79 Å². The Morgan fingerprint density at radius 3 is 2.71 bits per heavy atom. The highest BCUT2D eigenvalue weighted by atomic mass is 16.2. The minimum atomic E-state index is -0.397. The molecule has 0 aliphatic carbocycles. The van der Waals surface area contributed by atoms with Gasteiger partial charge in [-0.3, -0.25) is 15.2 Å². The molecule has 0 radical (unpaired) electrons. The van der Waals surface area contributed by atoms with Gasteiger partial charge in [-0.2, -0.15) is 0 Å². The first-order valence-corrected chi connectivity index (χ1v) is 5.20. The zero-order valence-corrected chi connectivity index (χ0v) is 9.90. The Bertz CT molecular complexity index is 507. The number of aromatic amines is 2. The Hall–Kier alpha value is -2.18. The summed E-state index contributed by atoms with van der Waals surface area (Å²) >= 11 is 0. The molecule has 0 spiro atoms. The fourth-order valence-electron chi connectivity index (χ4n) is 1.20. The van der Waals surface area contributed by atoms with Crippen LogP contribution < -0.4 is 5.32 Å². The van der Waals surface area contributed by atoms with Crippen molar-refractivity contribution in [2.45, 2.75) is 26.2 Å². The number of aromatic nitrogens is 5. The number of carbonyl (C=O) groups excluding carboxylic acids is 1. The monoisotopic (exact) mass is 234 g/mol. The molecule has 2 heterocycles. The van der Waals surface area contributed by atoms with Crippen LogP contribution in [0.5, 0.6) is 0 Å². The molecule has 0 saturated heterocycles. The van der Waals surface area contributed by atoms with Gasteiger partial charge in [-0.15, -0.1) is 5.10 Å². The number of hydrogen-bond donors (Lipinski definition) is 3. The molecule has 3 N–H and O–H groups in total. The summed E-state index contributed by atoms with van der Waals surface area (Å²) in [5.41, 5.74) is -0.170. The van der Waals surface area contributed by atoms with Crippen LogP contribution in [0.3, 0.4) is 0 Å². The summed E-state index contributed by atoms with van der Waals surface area (Å²) in [6.07, 6.45) is 3.17. The predicted octanol–water partition coefficient (Wildman–Crippen LogP) is 1.08. The second-order valence-electron chi connectivity index (χ2n) is 4.65. The molecule has 1 amide bonds. The van der Waals surface area contributed by atoms with Crippen LogP contribution >= 0.6 is 0 Å². The molecule has 90 valence electrons. The van der Waals surface area contributed by atoms with Gasteiger partial charge in [-0.25, -0.2) is 9.97 Å². The van der Waals surface area contributed by atoms with Crippen molar-refractivity contribution in [2.24, 2.45) is 0 Å². The highest BCUT2D eigenvalue weighted by molar-refractivity contribution is 6.00. The second-order valence-corrected chi connectivity index (χ2v) is 4.65. The number of nitrogens with one attached hydrogen (secondary N) is 3. The summed E-state index contributed by atoms with van der Waals surface area (Å²) in [6.45, 7) is 5.96. The first-order chi connectivity index (χ1) is 7.97. The van der Waals surface area contributed by atoms with E-state index in [1.54, 1.807) is 12.4 Å². The van der Waals surface area contributed by atoms with Crippen LogP contribution in [0.25, 0.3) is 0 Å². The Balaban J connectivity index is 2.13. The van der Waals surface area contributed by atoms with E-state index < -0.39 is 5.91 Å². The highest BCUT2D eigenvalue weighted by Gasteiger charge is 2.21. The molecule has 7 nitrogen and oxygen atoms in total. The molecule has 7 heteroatoms. The number of rotatable bonds is 2. The first-order valence-electron chi connectivity index (χ1n) is 5.20. The number of hydrogen-bond acceptors (Lipinski definition) is 4. The average molecular weight is 234 g/mol. The Labute approximate surface area is 98.1 Å². The maximum atomic E-state index is 11.7. The lowest BCUT2D eigenvalue weighted by atomic mass is 9.96. The quantitative estimate of drug-likeness (QED) is 0.723. The minimum Gasteiger partial charge on any atom is -0.331 e. The zero-order valence-electron chi connectivity index (χ0n) is 9.90. The normalized spacial score (nSPS) is 11.5. The van der Waals surface area contributed by atoms with E-state index in [-0.39, 0.29) is 11.2 Å². The van der Waals surface area contributed by atoms with Gasteiger partial charge in [0.2, 0.25) is 11.8 Å². The van der Waals surface area contributed by atoms with Crippen molar-refractivity contribution in [3.8, 4) is 0 Å². The summed E-state index contributed by atoms with van der Waals surface area (Å²) in [5.74, 6) is 0.747. The van der Waals surface area contributed by atoms with E-state index in [1.807, 2.05) is 20.8 Å². The lowest BCUT2D eigenvalue weighted by molar-refractivity contribution is 0.101. The number of amides is 1. The summed E-state index contributed by atoms with van der Waals surface area (Å²) in [4.78, 5) is 22.5. The van der Waals surface area contributed by atoms with Gasteiger partial charge in [0.05, 0.1) is 0 Å². The van der Waals surface area contributed by atoms with Crippen molar-refractivity contribution >= 4 is 11.9 Å². The van der Waals surface area contributed by atoms with Gasteiger partial charge in [0.15, 0.2) is 0 Å². The third kappa shape index (κ3) is 2.49. The van der Waals surface area contributed by atoms with Crippen LogP contribution in [-0.2, 0) is 5.41 Å². The van der Waals surface area contributed by atoms with E-state index in [0.29, 0.717) is 11.8 Å². The van der Waals surface area contributed by atoms with Gasteiger partial charge in [-0.05, 0) is 0 Å². The van der Waals surface area contributed by atoms with Gasteiger partial charge in [0, 0.05) is 17.8 Å². The molecule has 0 atom stereocenters. The number of H-pyrrole nitrogens is 2. The van der Waals surface area contributed by atoms with Crippen LogP contribution in [0.4, 0.5) is 5.95 Å². The van der Waals surface area contributed by atoms with Crippen LogP contribution in [0.15, 0.2) is 12.4 Å². The second kappa shape index (κ2) is 4.00. The van der Waals surface area contributed by atoms with Crippen LogP contribution in [0, 0.1) is 0 Å². The Morgan fingerprint density at radius 2 is 2.18 bits per heavy atom. The van der Waals surface area contributed by atoms with Crippen molar-refractivity contribution in [2.75, 3.05) is 5.32 Å². The molecule has 17 heavy (non-hydrogen) atoms. The highest BCUT2D eigenvalue weighted by Crippen LogP contribution is 2.17. The topological polar surface area (TPSA) is 99.3 Å². The third-order valence-electron chi connectivity index (χ3n) is 2.13. The molecule has 0 saturated carbocycles. The van der Waals surface area contributed by atoms with E-state index in [4.69, 9.17) is 0 Å². The number of anilines is 1. The Kier molecular flexibility index (Phi) is 2.66. The summed E-state index contributed by atoms with van der Waals surface area (Å²) in [5, 5.41) is 9.18. The first kappa shape index (κ1) is 11.3. The number of imidazole rings is 1. The smallest absolute Gasteiger partial charge is 0.297 e. The standard InChI is InChI=1S/C10H14N6O/c1-10(2,3)8-13-6(15-16-8)7(17)14-9-11-4-5-12-9/h4-5H,1-3H3,(H,13,15,16)(H2,11,12,14,17). The summed E-state index contributed by atoms with van der Waals surface area (Å²) in [7, 11) is 0. The molecule has 2 aromatic rings. The Morgan fingerprint density at radius 1 is 1.41 bits per heavy atom. The van der Waals surface area contributed by atoms with Crippen molar-refractivity contribution in [1.82, 2.24) is 25.1 Å². The molecule has 0 aliphatic rings. The molecular formula is C10H14N6O. The van der Waals surface area contributed by atoms with Crippen LogP contribution in [0.2, 0.25) is 0 Å². The fourth-order valence-corrected chi connectivity index (χ4v) is 1.20. The summed E-state index contributed by atoms with van der Waals surface area (Å²) < 4.78 is 0. The number of nitrogens with zero attached hydrogens (tertiary/aromatic N) is 3. The molecular weight excluding hydrogens is 220 g/mol. The number of carbonyl (C=O) groups is 1. The van der Waals surface area contributed by atoms with E-state index in [0.717, 1.165) is 0 Å². The molecule has 0 unspecified atom stereocenters. The van der Waals surface area contributed by atoms with Crippen LogP contribution in [-0.4, -0.2) is 31.1 Å². The predicted molar refractivity (Wildman–Crippen MR) is 61.6 cm³/mol. The van der Waals surface area contributed by atoms with E-state index >= 15 is 0 Å². The van der Waals surface area contributed by atoms with E-state index in [1.165, 1.54) is 0 Å². The van der Waals surface area contributed by atoms with Crippen LogP contribution in [0.1, 0.15) is 37.2 Å². The summed E-state index contributed by atoms with van der Waals surface area (Å²) in [6, 6.07) is 0. The molecule has 2 rings (SSSR count). The molecule has 0 aliphatic heterocycles. The minimum absolute atomic E-state index is 0.103. The molecule has 0 aromatic carbocycles. The molecule has 0 fully saturated rings. The lowest BCUT2D eigenvalue weighted by Crippen LogP contribution is -2.16. The largest absolute Gasteiger partial charge is 0.331 e. The average Bonchev–Trinajstić information content (AvgIpc) is 2.85. The van der Waals surface area contributed by atoms with Gasteiger partial charge in [0.25, 0.3) is 5.91 Å². The zero-order chi connectivity index (χ0) is 12.5. The van der Waals surface area contributed by atoms with Gasteiger partial charge in [-0.1, -0.05) is 20.8 Å². The maximum absolute atomic E-state index is 11.7. The fraction of sp³-hybridized carbons (Fsp3) is 0.400. The third-order valence-corrected chi connectivity index (χ3v) is 2.13. The maximum Gasteiger partial charge on any atom is 0.297 e. The SMILES string of the molecule is CC(C)(C)c1nc(C(=O)Nc2ncc[nH]2)n[nH]1. The van der Waals surface area contributed by atoms with Gasteiger partial charge in [0.1, 0.15) is 5.82 Å². The van der Waals surface area contributed by atoms with Crippen molar-refractivity contribution in [1.29, 1.82) is 0 Å².